The molecule has 0 spiro atoms. The normalized spacial score (nSPS) is 14.8. The van der Waals surface area contributed by atoms with Gasteiger partial charge in [-0.05, 0) is 24.4 Å². The van der Waals surface area contributed by atoms with Gasteiger partial charge in [-0.2, -0.15) is 0 Å². The smallest absolute Gasteiger partial charge is 0.257 e. The number of morpholine rings is 1. The summed E-state index contributed by atoms with van der Waals surface area (Å²) in [6.07, 6.45) is 0.386. The Labute approximate surface area is 140 Å². The highest BCUT2D eigenvalue weighted by Crippen LogP contribution is 1.97. The zero-order valence-corrected chi connectivity index (χ0v) is 13.6. The third kappa shape index (κ3) is 6.31. The number of thiocarbonyl (C=S) groups is 1. The van der Waals surface area contributed by atoms with Crippen LogP contribution < -0.4 is 21.1 Å². The van der Waals surface area contributed by atoms with Gasteiger partial charge in [-0.3, -0.25) is 25.8 Å². The van der Waals surface area contributed by atoms with Crippen molar-refractivity contribution in [1.29, 1.82) is 0 Å². The lowest BCUT2D eigenvalue weighted by Gasteiger charge is -2.23. The topological polar surface area (TPSA) is 83.9 Å². The van der Waals surface area contributed by atoms with E-state index in [1.54, 1.807) is 24.3 Å². The Hall–Kier alpha value is -2.03. The molecule has 8 heteroatoms. The van der Waals surface area contributed by atoms with Crippen molar-refractivity contribution in [2.75, 3.05) is 32.8 Å². The second-order valence-corrected chi connectivity index (χ2v) is 5.59. The average molecular weight is 337 g/mol. The molecule has 2 rings (SSSR count). The summed E-state index contributed by atoms with van der Waals surface area (Å²) in [6.45, 7) is 4.08. The summed E-state index contributed by atoms with van der Waals surface area (Å²) in [7, 11) is 0. The third-order valence-electron chi connectivity index (χ3n) is 3.48. The number of hydrazine groups is 1. The Kier molecular flexibility index (Phi) is 6.92. The lowest BCUT2D eigenvalue weighted by Crippen LogP contribution is -3.14. The van der Waals surface area contributed by atoms with E-state index in [1.165, 1.54) is 4.90 Å². The van der Waals surface area contributed by atoms with Crippen LogP contribution in [0.3, 0.4) is 0 Å². The first-order chi connectivity index (χ1) is 11.1. The molecule has 1 aliphatic heterocycles. The number of quaternary nitrogens is 1. The van der Waals surface area contributed by atoms with Crippen LogP contribution in [0.2, 0.25) is 0 Å². The van der Waals surface area contributed by atoms with Crippen LogP contribution in [-0.2, 0) is 9.53 Å². The highest BCUT2D eigenvalue weighted by Gasteiger charge is 2.15. The molecule has 1 fully saturated rings. The SMILES string of the molecule is O=C(CC[NH+]1CCOCC1)NNC(=S)NC(=O)c1ccccc1. The van der Waals surface area contributed by atoms with Gasteiger partial charge in [0.05, 0.1) is 26.2 Å². The standard InChI is InChI=1S/C15H20N4O3S/c20-13(6-7-19-8-10-22-11-9-19)17-18-15(23)16-14(21)12-4-2-1-3-5-12/h1-5H,6-11H2,(H,17,20)(H2,16,18,21,23)/p+1. The fourth-order valence-corrected chi connectivity index (χ4v) is 2.33. The Balaban J connectivity index is 1.63. The first kappa shape index (κ1) is 17.3. The molecule has 1 aromatic rings. The van der Waals surface area contributed by atoms with Crippen molar-refractivity contribution >= 4 is 29.1 Å². The number of hydrogen-bond donors (Lipinski definition) is 4. The quantitative estimate of drug-likeness (QED) is 0.402. The zero-order chi connectivity index (χ0) is 16.5. The van der Waals surface area contributed by atoms with Gasteiger partial charge in [0.2, 0.25) is 5.91 Å². The molecule has 0 aliphatic carbocycles. The summed E-state index contributed by atoms with van der Waals surface area (Å²) in [5.41, 5.74) is 5.53. The largest absolute Gasteiger partial charge is 0.370 e. The van der Waals surface area contributed by atoms with Crippen LogP contribution in [0.15, 0.2) is 30.3 Å². The number of benzene rings is 1. The minimum Gasteiger partial charge on any atom is -0.370 e. The predicted molar refractivity (Wildman–Crippen MR) is 88.8 cm³/mol. The van der Waals surface area contributed by atoms with Crippen LogP contribution in [0, 0.1) is 0 Å². The molecular weight excluding hydrogens is 316 g/mol. The van der Waals surface area contributed by atoms with Gasteiger partial charge in [0, 0.05) is 5.56 Å². The van der Waals surface area contributed by atoms with Crippen molar-refractivity contribution in [2.24, 2.45) is 0 Å². The molecule has 0 atom stereocenters. The van der Waals surface area contributed by atoms with E-state index in [9.17, 15) is 9.59 Å². The third-order valence-corrected chi connectivity index (χ3v) is 3.69. The first-order valence-corrected chi connectivity index (χ1v) is 7.92. The van der Waals surface area contributed by atoms with Gasteiger partial charge in [-0.1, -0.05) is 18.2 Å². The van der Waals surface area contributed by atoms with Gasteiger partial charge < -0.3 is 9.64 Å². The number of rotatable bonds is 4. The molecule has 1 aliphatic rings. The van der Waals surface area contributed by atoms with Crippen molar-refractivity contribution in [2.45, 2.75) is 6.42 Å². The lowest BCUT2D eigenvalue weighted by atomic mass is 10.2. The lowest BCUT2D eigenvalue weighted by molar-refractivity contribution is -0.907. The van der Waals surface area contributed by atoms with Gasteiger partial charge >= 0.3 is 0 Å². The monoisotopic (exact) mass is 337 g/mol. The van der Waals surface area contributed by atoms with Crippen molar-refractivity contribution in [3.8, 4) is 0 Å². The fourth-order valence-electron chi connectivity index (χ4n) is 2.19. The van der Waals surface area contributed by atoms with Crippen molar-refractivity contribution < 1.29 is 19.2 Å². The number of amides is 2. The molecule has 0 saturated carbocycles. The van der Waals surface area contributed by atoms with E-state index < -0.39 is 0 Å². The fraction of sp³-hybridized carbons (Fsp3) is 0.400. The molecule has 1 heterocycles. The van der Waals surface area contributed by atoms with E-state index in [0.29, 0.717) is 12.0 Å². The van der Waals surface area contributed by atoms with E-state index in [-0.39, 0.29) is 16.9 Å². The molecule has 0 aromatic heterocycles. The van der Waals surface area contributed by atoms with Gasteiger partial charge in [0.1, 0.15) is 13.1 Å². The minimum absolute atomic E-state index is 0.0610. The zero-order valence-electron chi connectivity index (χ0n) is 12.8. The van der Waals surface area contributed by atoms with E-state index >= 15 is 0 Å². The minimum atomic E-state index is -0.324. The Morgan fingerprint density at radius 2 is 1.83 bits per heavy atom. The predicted octanol–water partition coefficient (Wildman–Crippen LogP) is -1.37. The summed E-state index contributed by atoms with van der Waals surface area (Å²) < 4.78 is 5.27. The van der Waals surface area contributed by atoms with Gasteiger partial charge in [0.25, 0.3) is 5.91 Å². The highest BCUT2D eigenvalue weighted by atomic mass is 32.1. The van der Waals surface area contributed by atoms with Gasteiger partial charge in [-0.25, -0.2) is 0 Å². The summed E-state index contributed by atoms with van der Waals surface area (Å²) in [5, 5.41) is 2.56. The second-order valence-electron chi connectivity index (χ2n) is 5.18. The van der Waals surface area contributed by atoms with Crippen LogP contribution >= 0.6 is 12.2 Å². The van der Waals surface area contributed by atoms with Crippen LogP contribution in [0.1, 0.15) is 16.8 Å². The maximum Gasteiger partial charge on any atom is 0.257 e. The molecule has 0 radical (unpaired) electrons. The summed E-state index contributed by atoms with van der Waals surface area (Å²) in [5.74, 6) is -0.490. The summed E-state index contributed by atoms with van der Waals surface area (Å²) in [6, 6.07) is 8.72. The van der Waals surface area contributed by atoms with Crippen molar-refractivity contribution in [3.63, 3.8) is 0 Å². The number of ether oxygens (including phenoxy) is 1. The Morgan fingerprint density at radius 3 is 2.52 bits per heavy atom. The molecule has 2 amide bonds. The van der Waals surface area contributed by atoms with Crippen molar-refractivity contribution in [1.82, 2.24) is 16.2 Å². The van der Waals surface area contributed by atoms with E-state index in [1.807, 2.05) is 6.07 Å². The van der Waals surface area contributed by atoms with Crippen LogP contribution in [0.5, 0.6) is 0 Å². The molecule has 1 aromatic carbocycles. The van der Waals surface area contributed by atoms with Gasteiger partial charge in [-0.15, -0.1) is 0 Å². The van der Waals surface area contributed by atoms with Crippen molar-refractivity contribution in [3.05, 3.63) is 35.9 Å². The molecule has 0 bridgehead atoms. The molecule has 0 unspecified atom stereocenters. The molecular formula is C15H21N4O3S+. The number of carbonyl (C=O) groups is 2. The van der Waals surface area contributed by atoms with Crippen LogP contribution in [0.25, 0.3) is 0 Å². The average Bonchev–Trinajstić information content (AvgIpc) is 2.60. The summed E-state index contributed by atoms with van der Waals surface area (Å²) >= 11 is 4.98. The van der Waals surface area contributed by atoms with E-state index in [4.69, 9.17) is 17.0 Å². The number of nitrogens with one attached hydrogen (secondary N) is 4. The van der Waals surface area contributed by atoms with E-state index in [0.717, 1.165) is 32.8 Å². The number of carbonyl (C=O) groups excluding carboxylic acids is 2. The molecule has 1 saturated heterocycles. The first-order valence-electron chi connectivity index (χ1n) is 7.51. The maximum absolute atomic E-state index is 11.9. The summed E-state index contributed by atoms with van der Waals surface area (Å²) in [4.78, 5) is 25.0. The Bertz CT molecular complexity index is 547. The number of hydrogen-bond acceptors (Lipinski definition) is 4. The van der Waals surface area contributed by atoms with Crippen LogP contribution in [-0.4, -0.2) is 49.8 Å². The second kappa shape index (κ2) is 9.19. The molecule has 4 N–H and O–H groups in total. The van der Waals surface area contributed by atoms with Gasteiger partial charge in [0.15, 0.2) is 5.11 Å². The maximum atomic E-state index is 11.9. The van der Waals surface area contributed by atoms with Crippen LogP contribution in [0.4, 0.5) is 0 Å². The van der Waals surface area contributed by atoms with E-state index in [2.05, 4.69) is 16.2 Å². The Morgan fingerprint density at radius 1 is 1.13 bits per heavy atom. The highest BCUT2D eigenvalue weighted by molar-refractivity contribution is 7.80. The molecule has 124 valence electrons. The molecule has 7 nitrogen and oxygen atoms in total. The molecule has 23 heavy (non-hydrogen) atoms.